The number of nitrogens with one attached hydrogen (secondary N) is 1. The highest BCUT2D eigenvalue weighted by Crippen LogP contribution is 2.22. The Morgan fingerprint density at radius 2 is 2.10 bits per heavy atom. The predicted octanol–water partition coefficient (Wildman–Crippen LogP) is 1.32. The molecule has 1 fully saturated rings. The Balaban J connectivity index is 2.06. The first-order chi connectivity index (χ1) is 9.88. The Bertz CT molecular complexity index is 560. The average molecular weight is 294 g/mol. The summed E-state index contributed by atoms with van der Waals surface area (Å²) in [5.74, 6) is -1.62. The van der Waals surface area contributed by atoms with Crippen LogP contribution < -0.4 is 5.32 Å². The van der Waals surface area contributed by atoms with E-state index in [-0.39, 0.29) is 23.3 Å². The largest absolute Gasteiger partial charge is 0.507 e. The number of urea groups is 1. The van der Waals surface area contributed by atoms with Gasteiger partial charge < -0.3 is 25.5 Å². The van der Waals surface area contributed by atoms with E-state index >= 15 is 0 Å². The zero-order valence-corrected chi connectivity index (χ0v) is 11.6. The summed E-state index contributed by atoms with van der Waals surface area (Å²) >= 11 is 0. The first-order valence-corrected chi connectivity index (χ1v) is 6.68. The van der Waals surface area contributed by atoms with Gasteiger partial charge in [0.25, 0.3) is 0 Å². The fourth-order valence-corrected chi connectivity index (χ4v) is 2.31. The first-order valence-electron chi connectivity index (χ1n) is 6.68. The van der Waals surface area contributed by atoms with Crippen molar-refractivity contribution >= 4 is 17.7 Å². The molecule has 7 nitrogen and oxygen atoms in total. The summed E-state index contributed by atoms with van der Waals surface area (Å²) in [6.07, 6.45) is 0.117. The highest BCUT2D eigenvalue weighted by molar-refractivity contribution is 5.95. The van der Waals surface area contributed by atoms with Crippen LogP contribution in [0, 0.1) is 5.92 Å². The molecular weight excluding hydrogens is 276 g/mol. The number of amides is 2. The fourth-order valence-electron chi connectivity index (χ4n) is 2.31. The van der Waals surface area contributed by atoms with E-state index in [0.717, 1.165) is 0 Å². The van der Waals surface area contributed by atoms with E-state index in [4.69, 9.17) is 5.11 Å². The summed E-state index contributed by atoms with van der Waals surface area (Å²) in [5.41, 5.74) is 0.0317. The SMILES string of the molecule is CC1CN(C(=O)Nc2ccc(O)c(C(=O)O)c2)CCC1O. The van der Waals surface area contributed by atoms with Gasteiger partial charge in [0.15, 0.2) is 0 Å². The maximum atomic E-state index is 12.1. The minimum absolute atomic E-state index is 0.00102. The zero-order valence-electron chi connectivity index (χ0n) is 11.6. The molecule has 0 spiro atoms. The molecule has 2 atom stereocenters. The van der Waals surface area contributed by atoms with E-state index in [2.05, 4.69) is 5.32 Å². The number of nitrogens with zero attached hydrogens (tertiary/aromatic N) is 1. The van der Waals surface area contributed by atoms with Crippen molar-refractivity contribution in [2.24, 2.45) is 5.92 Å². The molecule has 0 aliphatic carbocycles. The van der Waals surface area contributed by atoms with Gasteiger partial charge in [0.05, 0.1) is 6.10 Å². The Morgan fingerprint density at radius 1 is 1.38 bits per heavy atom. The van der Waals surface area contributed by atoms with Crippen LogP contribution in [-0.2, 0) is 0 Å². The monoisotopic (exact) mass is 294 g/mol. The molecule has 7 heteroatoms. The van der Waals surface area contributed by atoms with Crippen molar-refractivity contribution in [3.05, 3.63) is 23.8 Å². The fraction of sp³-hybridized carbons (Fsp3) is 0.429. The molecule has 114 valence electrons. The van der Waals surface area contributed by atoms with Gasteiger partial charge in [-0.3, -0.25) is 0 Å². The van der Waals surface area contributed by atoms with Gasteiger partial charge in [-0.05, 0) is 30.5 Å². The molecule has 1 aromatic carbocycles. The van der Waals surface area contributed by atoms with Crippen molar-refractivity contribution < 1.29 is 24.9 Å². The van der Waals surface area contributed by atoms with Crippen LogP contribution in [0.1, 0.15) is 23.7 Å². The molecule has 0 bridgehead atoms. The molecule has 21 heavy (non-hydrogen) atoms. The van der Waals surface area contributed by atoms with E-state index < -0.39 is 12.1 Å². The minimum Gasteiger partial charge on any atom is -0.507 e. The lowest BCUT2D eigenvalue weighted by atomic mass is 9.97. The molecule has 1 aromatic rings. The van der Waals surface area contributed by atoms with Crippen molar-refractivity contribution in [1.29, 1.82) is 0 Å². The lowest BCUT2D eigenvalue weighted by Gasteiger charge is -2.34. The van der Waals surface area contributed by atoms with E-state index in [1.165, 1.54) is 18.2 Å². The lowest BCUT2D eigenvalue weighted by molar-refractivity contribution is 0.0505. The third-order valence-corrected chi connectivity index (χ3v) is 3.63. The van der Waals surface area contributed by atoms with Gasteiger partial charge in [0.1, 0.15) is 11.3 Å². The van der Waals surface area contributed by atoms with Crippen LogP contribution in [0.3, 0.4) is 0 Å². The summed E-state index contributed by atoms with van der Waals surface area (Å²) < 4.78 is 0. The number of rotatable bonds is 2. The van der Waals surface area contributed by atoms with Crippen molar-refractivity contribution in [3.63, 3.8) is 0 Å². The van der Waals surface area contributed by atoms with Gasteiger partial charge in [0.2, 0.25) is 0 Å². The van der Waals surface area contributed by atoms with E-state index in [1.807, 2.05) is 6.92 Å². The van der Waals surface area contributed by atoms with Crippen LogP contribution in [0.4, 0.5) is 10.5 Å². The summed E-state index contributed by atoms with van der Waals surface area (Å²) in [5, 5.41) is 30.6. The molecule has 1 aliphatic heterocycles. The Kier molecular flexibility index (Phi) is 4.32. The summed E-state index contributed by atoms with van der Waals surface area (Å²) in [6.45, 7) is 2.76. The number of likely N-dealkylation sites (tertiary alicyclic amines) is 1. The number of phenols is 1. The Morgan fingerprint density at radius 3 is 2.71 bits per heavy atom. The number of carboxylic acids is 1. The minimum atomic E-state index is -1.27. The van der Waals surface area contributed by atoms with Crippen molar-refractivity contribution in [2.45, 2.75) is 19.4 Å². The molecule has 0 saturated carbocycles. The second-order valence-electron chi connectivity index (χ2n) is 5.25. The van der Waals surface area contributed by atoms with E-state index in [0.29, 0.717) is 25.2 Å². The number of hydrogen-bond acceptors (Lipinski definition) is 4. The van der Waals surface area contributed by atoms with Crippen LogP contribution >= 0.6 is 0 Å². The molecule has 0 radical (unpaired) electrons. The molecule has 2 amide bonds. The smallest absolute Gasteiger partial charge is 0.339 e. The van der Waals surface area contributed by atoms with Crippen molar-refractivity contribution in [3.8, 4) is 5.75 Å². The number of aromatic carboxylic acids is 1. The predicted molar refractivity (Wildman–Crippen MR) is 75.4 cm³/mol. The van der Waals surface area contributed by atoms with Gasteiger partial charge >= 0.3 is 12.0 Å². The first kappa shape index (κ1) is 15.1. The highest BCUT2D eigenvalue weighted by atomic mass is 16.4. The molecule has 1 saturated heterocycles. The number of piperidine rings is 1. The van der Waals surface area contributed by atoms with E-state index in [9.17, 15) is 19.8 Å². The zero-order chi connectivity index (χ0) is 15.6. The van der Waals surface area contributed by atoms with Crippen molar-refractivity contribution in [2.75, 3.05) is 18.4 Å². The summed E-state index contributed by atoms with van der Waals surface area (Å²) in [6, 6.07) is 3.51. The van der Waals surface area contributed by atoms with Gasteiger partial charge in [-0.15, -0.1) is 0 Å². The second kappa shape index (κ2) is 6.01. The van der Waals surface area contributed by atoms with Crippen LogP contribution in [0.15, 0.2) is 18.2 Å². The highest BCUT2D eigenvalue weighted by Gasteiger charge is 2.27. The van der Waals surface area contributed by atoms with Gasteiger partial charge in [-0.1, -0.05) is 6.92 Å². The number of aromatic hydroxyl groups is 1. The van der Waals surface area contributed by atoms with Crippen LogP contribution in [0.2, 0.25) is 0 Å². The van der Waals surface area contributed by atoms with Gasteiger partial charge in [-0.25, -0.2) is 9.59 Å². The number of anilines is 1. The maximum absolute atomic E-state index is 12.1. The molecule has 1 aliphatic rings. The molecule has 0 aromatic heterocycles. The number of benzene rings is 1. The molecule has 2 rings (SSSR count). The summed E-state index contributed by atoms with van der Waals surface area (Å²) in [4.78, 5) is 24.6. The van der Waals surface area contributed by atoms with Crippen LogP contribution in [0.25, 0.3) is 0 Å². The molecular formula is C14H18N2O5. The average Bonchev–Trinajstić information content (AvgIpc) is 2.43. The quantitative estimate of drug-likeness (QED) is 0.615. The van der Waals surface area contributed by atoms with Gasteiger partial charge in [-0.2, -0.15) is 0 Å². The van der Waals surface area contributed by atoms with E-state index in [1.54, 1.807) is 4.90 Å². The van der Waals surface area contributed by atoms with Crippen LogP contribution in [-0.4, -0.2) is 51.4 Å². The third-order valence-electron chi connectivity index (χ3n) is 3.63. The van der Waals surface area contributed by atoms with Crippen molar-refractivity contribution in [1.82, 2.24) is 4.90 Å². The lowest BCUT2D eigenvalue weighted by Crippen LogP contribution is -2.46. The maximum Gasteiger partial charge on any atom is 0.339 e. The Hall–Kier alpha value is -2.28. The Labute approximate surface area is 121 Å². The number of carbonyl (C=O) groups excluding carboxylic acids is 1. The number of aliphatic hydroxyl groups is 1. The third kappa shape index (κ3) is 3.43. The second-order valence-corrected chi connectivity index (χ2v) is 5.25. The standard InChI is InChI=1S/C14H18N2O5/c1-8-7-16(5-4-11(8)17)14(21)15-9-2-3-12(18)10(6-9)13(19)20/h2-3,6,8,11,17-18H,4-5,7H2,1H3,(H,15,21)(H,19,20). The normalized spacial score (nSPS) is 21.9. The van der Waals surface area contributed by atoms with Gasteiger partial charge in [0, 0.05) is 18.8 Å². The summed E-state index contributed by atoms with van der Waals surface area (Å²) in [7, 11) is 0. The number of aliphatic hydroxyl groups excluding tert-OH is 1. The van der Waals surface area contributed by atoms with Crippen LogP contribution in [0.5, 0.6) is 5.75 Å². The number of carbonyl (C=O) groups is 2. The molecule has 4 N–H and O–H groups in total. The molecule has 2 unspecified atom stereocenters. The topological polar surface area (TPSA) is 110 Å². The number of hydrogen-bond donors (Lipinski definition) is 4. The molecule has 1 heterocycles. The number of carboxylic acid groups (broad SMARTS) is 1.